The molecule has 1 saturated heterocycles. The van der Waals surface area contributed by atoms with Gasteiger partial charge in [0.15, 0.2) is 5.82 Å². The van der Waals surface area contributed by atoms with E-state index >= 15 is 0 Å². The van der Waals surface area contributed by atoms with Gasteiger partial charge >= 0.3 is 0 Å². The molecule has 5 rings (SSSR count). The van der Waals surface area contributed by atoms with Crippen LogP contribution in [0.25, 0.3) is 10.9 Å². The fourth-order valence-electron chi connectivity index (χ4n) is 4.10. The van der Waals surface area contributed by atoms with Crippen molar-refractivity contribution in [2.24, 2.45) is 5.92 Å². The van der Waals surface area contributed by atoms with E-state index in [1.165, 1.54) is 0 Å². The number of benzene rings is 1. The lowest BCUT2D eigenvalue weighted by Crippen LogP contribution is -2.30. The molecular weight excluding hydrogens is 408 g/mol. The number of aromatic amines is 1. The van der Waals surface area contributed by atoms with E-state index < -0.39 is 0 Å². The zero-order valence-electron chi connectivity index (χ0n) is 17.5. The standard InChI is InChI=1S/C22H22N8O2/c1-14(30-25-9-10-26-30)15-2-4-17(5-3-15)27-21-20-18(6-8-24-22(20)31)29(28-21)19-13-32-11-7-16(19)12-23/h2-6,8-10,14,16,19H,7,11,13H2,1H3,(H,24,31)(H,27,28)/t14-,16+,19-/m0/s1. The Morgan fingerprint density at radius 3 is 2.78 bits per heavy atom. The summed E-state index contributed by atoms with van der Waals surface area (Å²) in [5.74, 6) is 0.217. The van der Waals surface area contributed by atoms with E-state index in [0.717, 1.165) is 11.3 Å². The molecule has 32 heavy (non-hydrogen) atoms. The van der Waals surface area contributed by atoms with Crippen LogP contribution in [0.1, 0.15) is 31.0 Å². The molecule has 162 valence electrons. The molecule has 0 bridgehead atoms. The van der Waals surface area contributed by atoms with Crippen molar-refractivity contribution in [1.29, 1.82) is 5.26 Å². The van der Waals surface area contributed by atoms with Gasteiger partial charge in [0.05, 0.1) is 48.6 Å². The van der Waals surface area contributed by atoms with Crippen LogP contribution in [-0.2, 0) is 4.74 Å². The van der Waals surface area contributed by atoms with Crippen LogP contribution in [0.4, 0.5) is 11.5 Å². The summed E-state index contributed by atoms with van der Waals surface area (Å²) in [4.78, 5) is 17.0. The van der Waals surface area contributed by atoms with Crippen molar-refractivity contribution in [2.75, 3.05) is 18.5 Å². The molecule has 0 amide bonds. The molecule has 10 heteroatoms. The van der Waals surface area contributed by atoms with Crippen molar-refractivity contribution in [2.45, 2.75) is 25.4 Å². The second kappa shape index (κ2) is 8.28. The third kappa shape index (κ3) is 3.52. The van der Waals surface area contributed by atoms with E-state index in [4.69, 9.17) is 9.84 Å². The van der Waals surface area contributed by atoms with Gasteiger partial charge in [-0.2, -0.15) is 25.4 Å². The second-order valence-electron chi connectivity index (χ2n) is 7.80. The summed E-state index contributed by atoms with van der Waals surface area (Å²) in [6, 6.07) is 11.7. The lowest BCUT2D eigenvalue weighted by Gasteiger charge is -2.27. The minimum Gasteiger partial charge on any atom is -0.379 e. The normalized spacial score (nSPS) is 19.5. The first-order valence-electron chi connectivity index (χ1n) is 10.5. The first kappa shape index (κ1) is 20.0. The van der Waals surface area contributed by atoms with E-state index in [2.05, 4.69) is 26.6 Å². The van der Waals surface area contributed by atoms with Crippen molar-refractivity contribution in [3.63, 3.8) is 0 Å². The quantitative estimate of drug-likeness (QED) is 0.498. The Labute approximate surface area is 183 Å². The molecule has 4 heterocycles. The number of rotatable bonds is 5. The SMILES string of the molecule is C[C@@H](c1ccc(Nc2nn([C@H]3COCC[C@@H]3C#N)c3cc[nH]c(=O)c23)cc1)n1nccn1. The number of nitriles is 1. The Bertz CT molecular complexity index is 1320. The molecule has 1 aliphatic rings. The summed E-state index contributed by atoms with van der Waals surface area (Å²) in [7, 11) is 0. The molecular formula is C22H22N8O2. The minimum atomic E-state index is -0.251. The summed E-state index contributed by atoms with van der Waals surface area (Å²) in [5.41, 5.74) is 2.27. The van der Waals surface area contributed by atoms with Crippen LogP contribution in [0, 0.1) is 17.2 Å². The molecule has 3 aromatic heterocycles. The second-order valence-corrected chi connectivity index (χ2v) is 7.80. The summed E-state index contributed by atoms with van der Waals surface area (Å²) in [5, 5.41) is 26.4. The number of nitrogens with zero attached hydrogens (tertiary/aromatic N) is 6. The Kier molecular flexibility index (Phi) is 5.17. The van der Waals surface area contributed by atoms with Crippen LogP contribution in [-0.4, -0.2) is 43.0 Å². The highest BCUT2D eigenvalue weighted by Gasteiger charge is 2.30. The number of hydrogen-bond acceptors (Lipinski definition) is 7. The summed E-state index contributed by atoms with van der Waals surface area (Å²) in [6.07, 6.45) is 5.54. The number of H-pyrrole nitrogens is 1. The molecule has 3 atom stereocenters. The molecule has 1 aliphatic heterocycles. The monoisotopic (exact) mass is 430 g/mol. The van der Waals surface area contributed by atoms with Crippen LogP contribution in [0.5, 0.6) is 0 Å². The maximum absolute atomic E-state index is 12.6. The molecule has 1 fully saturated rings. The predicted octanol–water partition coefficient (Wildman–Crippen LogP) is 2.77. The van der Waals surface area contributed by atoms with Crippen molar-refractivity contribution < 1.29 is 4.74 Å². The smallest absolute Gasteiger partial charge is 0.261 e. The van der Waals surface area contributed by atoms with Gasteiger partial charge < -0.3 is 15.0 Å². The highest BCUT2D eigenvalue weighted by Crippen LogP contribution is 2.32. The number of fused-ring (bicyclic) bond motifs is 1. The number of aromatic nitrogens is 6. The van der Waals surface area contributed by atoms with Crippen molar-refractivity contribution in [1.82, 2.24) is 29.8 Å². The van der Waals surface area contributed by atoms with E-state index in [1.54, 1.807) is 34.1 Å². The number of hydrogen-bond donors (Lipinski definition) is 2. The Morgan fingerprint density at radius 2 is 2.03 bits per heavy atom. The highest BCUT2D eigenvalue weighted by atomic mass is 16.5. The molecule has 0 saturated carbocycles. The van der Waals surface area contributed by atoms with Gasteiger partial charge in [-0.05, 0) is 37.1 Å². The molecule has 0 unspecified atom stereocenters. The Morgan fingerprint density at radius 1 is 1.25 bits per heavy atom. The largest absolute Gasteiger partial charge is 0.379 e. The fraction of sp³-hybridized carbons (Fsp3) is 0.318. The molecule has 0 aliphatic carbocycles. The Balaban J connectivity index is 1.48. The van der Waals surface area contributed by atoms with Gasteiger partial charge in [0.2, 0.25) is 0 Å². The first-order valence-corrected chi connectivity index (χ1v) is 10.5. The van der Waals surface area contributed by atoms with E-state index in [1.807, 2.05) is 31.2 Å². The van der Waals surface area contributed by atoms with Gasteiger partial charge in [-0.3, -0.25) is 9.48 Å². The summed E-state index contributed by atoms with van der Waals surface area (Å²) < 4.78 is 7.36. The number of pyridine rings is 1. The zero-order chi connectivity index (χ0) is 22.1. The fourth-order valence-corrected chi connectivity index (χ4v) is 4.10. The van der Waals surface area contributed by atoms with Gasteiger partial charge in [0.1, 0.15) is 5.39 Å². The molecule has 4 aromatic rings. The summed E-state index contributed by atoms with van der Waals surface area (Å²) >= 11 is 0. The van der Waals surface area contributed by atoms with Crippen molar-refractivity contribution in [3.05, 3.63) is 64.8 Å². The molecule has 0 radical (unpaired) electrons. The first-order chi connectivity index (χ1) is 15.7. The Hall–Kier alpha value is -3.97. The van der Waals surface area contributed by atoms with Crippen LogP contribution in [0.2, 0.25) is 0 Å². The van der Waals surface area contributed by atoms with Crippen LogP contribution in [0.15, 0.2) is 53.7 Å². The minimum absolute atomic E-state index is 0.00357. The van der Waals surface area contributed by atoms with Crippen LogP contribution in [0.3, 0.4) is 0 Å². The van der Waals surface area contributed by atoms with Gasteiger partial charge in [-0.25, -0.2) is 0 Å². The van der Waals surface area contributed by atoms with Crippen LogP contribution < -0.4 is 10.9 Å². The number of ether oxygens (including phenoxy) is 1. The maximum atomic E-state index is 12.6. The lowest BCUT2D eigenvalue weighted by atomic mass is 9.96. The maximum Gasteiger partial charge on any atom is 0.261 e. The molecule has 2 N–H and O–H groups in total. The van der Waals surface area contributed by atoms with Gasteiger partial charge in [-0.15, -0.1) is 0 Å². The highest BCUT2D eigenvalue weighted by molar-refractivity contribution is 5.91. The van der Waals surface area contributed by atoms with Crippen molar-refractivity contribution >= 4 is 22.4 Å². The predicted molar refractivity (Wildman–Crippen MR) is 117 cm³/mol. The lowest BCUT2D eigenvalue weighted by molar-refractivity contribution is 0.0359. The topological polar surface area (TPSA) is 126 Å². The van der Waals surface area contributed by atoms with Gasteiger partial charge in [0, 0.05) is 18.5 Å². The average molecular weight is 430 g/mol. The van der Waals surface area contributed by atoms with Crippen molar-refractivity contribution in [3.8, 4) is 6.07 Å². The summed E-state index contributed by atoms with van der Waals surface area (Å²) in [6.45, 7) is 2.96. The zero-order valence-corrected chi connectivity index (χ0v) is 17.5. The van der Waals surface area contributed by atoms with E-state index in [0.29, 0.717) is 36.4 Å². The molecule has 10 nitrogen and oxygen atoms in total. The number of nitrogens with one attached hydrogen (secondary N) is 2. The average Bonchev–Trinajstić information content (AvgIpc) is 3.48. The number of anilines is 2. The van der Waals surface area contributed by atoms with Gasteiger partial charge in [0.25, 0.3) is 5.56 Å². The molecule has 1 aromatic carbocycles. The van der Waals surface area contributed by atoms with Gasteiger partial charge in [-0.1, -0.05) is 12.1 Å². The third-order valence-electron chi connectivity index (χ3n) is 5.88. The van der Waals surface area contributed by atoms with E-state index in [-0.39, 0.29) is 23.6 Å². The molecule has 0 spiro atoms. The third-order valence-corrected chi connectivity index (χ3v) is 5.88. The van der Waals surface area contributed by atoms with E-state index in [9.17, 15) is 10.1 Å². The van der Waals surface area contributed by atoms with Crippen LogP contribution >= 0.6 is 0 Å².